The second kappa shape index (κ2) is 12.7. The summed E-state index contributed by atoms with van der Waals surface area (Å²) in [7, 11) is -0.410. The second-order valence-corrected chi connectivity index (χ2v) is 11.8. The Hall–Kier alpha value is -3.67. The highest BCUT2D eigenvalue weighted by Crippen LogP contribution is 2.31. The third-order valence-corrected chi connectivity index (χ3v) is 8.38. The van der Waals surface area contributed by atoms with E-state index in [2.05, 4.69) is 14.6 Å². The fraction of sp³-hybridized carbons (Fsp3) is 0.379. The summed E-state index contributed by atoms with van der Waals surface area (Å²) in [6, 6.07) is 14.2. The summed E-state index contributed by atoms with van der Waals surface area (Å²) in [6.45, 7) is 5.26. The first-order valence-corrected chi connectivity index (χ1v) is 14.6. The average Bonchev–Trinajstić information content (AvgIpc) is 2.95. The number of ether oxygens (including phenoxy) is 2. The first-order valence-electron chi connectivity index (χ1n) is 13.1. The van der Waals surface area contributed by atoms with E-state index < -0.39 is 16.1 Å². The molecule has 2 heterocycles. The summed E-state index contributed by atoms with van der Waals surface area (Å²) in [5.41, 5.74) is 1.57. The Morgan fingerprint density at radius 2 is 1.88 bits per heavy atom. The predicted octanol–water partition coefficient (Wildman–Crippen LogP) is 3.24. The van der Waals surface area contributed by atoms with E-state index in [9.17, 15) is 18.3 Å². The number of fused-ring (bicyclic) bond motifs is 1. The van der Waals surface area contributed by atoms with Crippen molar-refractivity contribution in [1.82, 2.24) is 14.8 Å². The van der Waals surface area contributed by atoms with Crippen LogP contribution in [0.15, 0.2) is 71.9 Å². The van der Waals surface area contributed by atoms with Crippen molar-refractivity contribution in [3.63, 3.8) is 0 Å². The van der Waals surface area contributed by atoms with Crippen LogP contribution < -0.4 is 14.2 Å². The van der Waals surface area contributed by atoms with Gasteiger partial charge in [0.05, 0.1) is 30.2 Å². The summed E-state index contributed by atoms with van der Waals surface area (Å²) in [5, 5.41) is 9.91. The number of aliphatic hydroxyl groups excluding tert-OH is 1. The molecule has 0 saturated heterocycles. The molecule has 1 aliphatic rings. The lowest BCUT2D eigenvalue weighted by Gasteiger charge is -2.38. The van der Waals surface area contributed by atoms with Crippen LogP contribution in [0.2, 0.25) is 0 Å². The van der Waals surface area contributed by atoms with E-state index in [1.54, 1.807) is 48.5 Å². The Morgan fingerprint density at radius 1 is 1.18 bits per heavy atom. The molecule has 0 spiro atoms. The molecule has 3 atom stereocenters. The van der Waals surface area contributed by atoms with Gasteiger partial charge in [-0.15, -0.1) is 0 Å². The zero-order valence-corrected chi connectivity index (χ0v) is 24.0. The largest absolute Gasteiger partial charge is 0.497 e. The van der Waals surface area contributed by atoms with Gasteiger partial charge in [0.2, 0.25) is 0 Å². The predicted molar refractivity (Wildman–Crippen MR) is 152 cm³/mol. The minimum atomic E-state index is -3.92. The molecular weight excluding hydrogens is 532 g/mol. The number of methoxy groups -OCH3 is 1. The maximum absolute atomic E-state index is 13.7. The van der Waals surface area contributed by atoms with Gasteiger partial charge < -0.3 is 19.5 Å². The van der Waals surface area contributed by atoms with Gasteiger partial charge in [-0.25, -0.2) is 8.42 Å². The number of benzene rings is 2. The van der Waals surface area contributed by atoms with Crippen LogP contribution in [-0.4, -0.2) is 80.2 Å². The van der Waals surface area contributed by atoms with Crippen molar-refractivity contribution in [2.24, 2.45) is 5.92 Å². The van der Waals surface area contributed by atoms with Crippen LogP contribution in [0.5, 0.6) is 11.5 Å². The van der Waals surface area contributed by atoms with E-state index in [1.807, 2.05) is 26.1 Å². The SMILES string of the molecule is COc1ccc(S(=O)(=O)Nc2ccc3c(c2)C(=O)N([C@@H](C)CO)C[C@@H](C)[C@@H](CN(C)Cc2ccncc2)O3)cc1. The van der Waals surface area contributed by atoms with Gasteiger partial charge in [-0.1, -0.05) is 6.92 Å². The number of nitrogens with one attached hydrogen (secondary N) is 1. The van der Waals surface area contributed by atoms with E-state index in [0.717, 1.165) is 5.56 Å². The Bertz CT molecular complexity index is 1400. The minimum absolute atomic E-state index is 0.0424. The van der Waals surface area contributed by atoms with E-state index in [-0.39, 0.29) is 40.7 Å². The van der Waals surface area contributed by atoms with Gasteiger partial charge in [-0.3, -0.25) is 19.4 Å². The Labute approximate surface area is 235 Å². The van der Waals surface area contributed by atoms with Crippen molar-refractivity contribution in [2.75, 3.05) is 38.6 Å². The summed E-state index contributed by atoms with van der Waals surface area (Å²) >= 11 is 0. The van der Waals surface area contributed by atoms with Gasteiger partial charge in [0.1, 0.15) is 17.6 Å². The Balaban J connectivity index is 1.62. The van der Waals surface area contributed by atoms with Gasteiger partial charge in [0.25, 0.3) is 15.9 Å². The van der Waals surface area contributed by atoms with Crippen molar-refractivity contribution in [3.8, 4) is 11.5 Å². The lowest BCUT2D eigenvalue weighted by atomic mass is 9.99. The summed E-state index contributed by atoms with van der Waals surface area (Å²) < 4.78 is 40.2. The van der Waals surface area contributed by atoms with Crippen LogP contribution in [0.25, 0.3) is 0 Å². The molecule has 0 unspecified atom stereocenters. The quantitative estimate of drug-likeness (QED) is 0.382. The van der Waals surface area contributed by atoms with Crippen molar-refractivity contribution in [3.05, 3.63) is 78.1 Å². The van der Waals surface area contributed by atoms with E-state index in [0.29, 0.717) is 31.1 Å². The highest BCUT2D eigenvalue weighted by Gasteiger charge is 2.33. The highest BCUT2D eigenvalue weighted by atomic mass is 32.2. The van der Waals surface area contributed by atoms with Gasteiger partial charge >= 0.3 is 0 Å². The lowest BCUT2D eigenvalue weighted by Crippen LogP contribution is -2.49. The van der Waals surface area contributed by atoms with E-state index in [1.165, 1.54) is 25.3 Å². The zero-order valence-electron chi connectivity index (χ0n) is 23.1. The van der Waals surface area contributed by atoms with Crippen LogP contribution in [0.1, 0.15) is 29.8 Å². The molecule has 1 aliphatic heterocycles. The monoisotopic (exact) mass is 568 g/mol. The number of anilines is 1. The van der Waals surface area contributed by atoms with Crippen LogP contribution in [-0.2, 0) is 16.6 Å². The second-order valence-electron chi connectivity index (χ2n) is 10.2. The van der Waals surface area contributed by atoms with Gasteiger partial charge in [-0.05, 0) is 74.1 Å². The topological polar surface area (TPSA) is 121 Å². The molecule has 3 aromatic rings. The van der Waals surface area contributed by atoms with Crippen molar-refractivity contribution in [2.45, 2.75) is 37.4 Å². The molecule has 0 bridgehead atoms. The molecule has 2 aromatic carbocycles. The number of carbonyl (C=O) groups excluding carboxylic acids is 1. The average molecular weight is 569 g/mol. The number of nitrogens with zero attached hydrogens (tertiary/aromatic N) is 3. The molecule has 4 rings (SSSR count). The molecule has 0 saturated carbocycles. The maximum atomic E-state index is 13.7. The smallest absolute Gasteiger partial charge is 0.261 e. The number of rotatable bonds is 10. The fourth-order valence-electron chi connectivity index (χ4n) is 4.64. The number of hydrogen-bond donors (Lipinski definition) is 2. The molecule has 40 heavy (non-hydrogen) atoms. The fourth-order valence-corrected chi connectivity index (χ4v) is 5.69. The van der Waals surface area contributed by atoms with E-state index >= 15 is 0 Å². The molecule has 0 aliphatic carbocycles. The van der Waals surface area contributed by atoms with E-state index in [4.69, 9.17) is 9.47 Å². The molecular formula is C29H36N4O6S. The molecule has 10 nitrogen and oxygen atoms in total. The van der Waals surface area contributed by atoms with Gasteiger partial charge in [-0.2, -0.15) is 0 Å². The number of amides is 1. The molecule has 214 valence electrons. The summed E-state index contributed by atoms with van der Waals surface area (Å²) in [6.07, 6.45) is 3.25. The van der Waals surface area contributed by atoms with Gasteiger partial charge in [0.15, 0.2) is 0 Å². The number of hydrogen-bond acceptors (Lipinski definition) is 8. The number of aromatic nitrogens is 1. The van der Waals surface area contributed by atoms with Crippen molar-refractivity contribution in [1.29, 1.82) is 0 Å². The number of aliphatic hydroxyl groups is 1. The highest BCUT2D eigenvalue weighted by molar-refractivity contribution is 7.92. The summed E-state index contributed by atoms with van der Waals surface area (Å²) in [5.74, 6) is 0.522. The van der Waals surface area contributed by atoms with Crippen LogP contribution in [0, 0.1) is 5.92 Å². The molecule has 1 aromatic heterocycles. The lowest BCUT2D eigenvalue weighted by molar-refractivity contribution is 0.0341. The van der Waals surface area contributed by atoms with Crippen LogP contribution in [0.3, 0.4) is 0 Å². The third-order valence-electron chi connectivity index (χ3n) is 6.98. The molecule has 1 amide bonds. The minimum Gasteiger partial charge on any atom is -0.497 e. The third kappa shape index (κ3) is 6.90. The molecule has 2 N–H and O–H groups in total. The zero-order chi connectivity index (χ0) is 28.9. The van der Waals surface area contributed by atoms with Gasteiger partial charge in [0, 0.05) is 43.6 Å². The number of pyridine rings is 1. The normalized spacial score (nSPS) is 18.4. The molecule has 0 fully saturated rings. The molecule has 11 heteroatoms. The van der Waals surface area contributed by atoms with Crippen LogP contribution in [0.4, 0.5) is 5.69 Å². The Morgan fingerprint density at radius 3 is 2.52 bits per heavy atom. The number of carbonyl (C=O) groups is 1. The first kappa shape index (κ1) is 29.3. The number of likely N-dealkylation sites (N-methyl/N-ethyl adjacent to an activating group) is 1. The number of sulfonamides is 1. The van der Waals surface area contributed by atoms with Crippen molar-refractivity contribution >= 4 is 21.6 Å². The first-order chi connectivity index (χ1) is 19.1. The standard InChI is InChI=1S/C29H36N4O6S/c1-20-16-33(21(2)19-34)29(35)26-15-23(31-40(36,37)25-8-6-24(38-4)7-9-25)5-10-27(26)39-28(20)18-32(3)17-22-11-13-30-14-12-22/h5-15,20-21,28,31,34H,16-19H2,1-4H3/t20-,21+,28-/m1/s1. The molecule has 0 radical (unpaired) electrons. The summed E-state index contributed by atoms with van der Waals surface area (Å²) in [4.78, 5) is 21.6. The maximum Gasteiger partial charge on any atom is 0.261 e. The van der Waals surface area contributed by atoms with Crippen LogP contribution >= 0.6 is 0 Å². The Kier molecular flexibility index (Phi) is 9.28. The van der Waals surface area contributed by atoms with Crippen molar-refractivity contribution < 1.29 is 27.8 Å².